The molecular formula is C11H14N2O5. The largest absolute Gasteiger partial charge is 0.494 e. The number of anilines is 1. The number of methoxy groups -OCH3 is 1. The number of non-ortho nitro benzene ring substituents is 1. The lowest BCUT2D eigenvalue weighted by molar-refractivity contribution is -0.384. The second-order valence-electron chi connectivity index (χ2n) is 3.52. The molecule has 7 nitrogen and oxygen atoms in total. The van der Waals surface area contributed by atoms with Gasteiger partial charge in [-0.05, 0) is 12.5 Å². The second-order valence-corrected chi connectivity index (χ2v) is 3.52. The highest BCUT2D eigenvalue weighted by Crippen LogP contribution is 2.29. The highest BCUT2D eigenvalue weighted by atomic mass is 16.6. The Morgan fingerprint density at radius 3 is 2.83 bits per heavy atom. The summed E-state index contributed by atoms with van der Waals surface area (Å²) in [6.45, 7) is -0.0647. The van der Waals surface area contributed by atoms with Gasteiger partial charge in [-0.3, -0.25) is 14.9 Å². The maximum atomic E-state index is 11.4. The van der Waals surface area contributed by atoms with Gasteiger partial charge < -0.3 is 15.2 Å². The van der Waals surface area contributed by atoms with E-state index in [0.29, 0.717) is 12.1 Å². The number of nitro benzene ring substituents is 1. The Morgan fingerprint density at radius 1 is 1.56 bits per heavy atom. The normalized spacial score (nSPS) is 9.89. The number of hydrogen-bond acceptors (Lipinski definition) is 5. The lowest BCUT2D eigenvalue weighted by Gasteiger charge is -2.09. The lowest BCUT2D eigenvalue weighted by atomic mass is 10.2. The Balaban J connectivity index is 2.82. The number of rotatable bonds is 6. The predicted molar refractivity (Wildman–Crippen MR) is 64.6 cm³/mol. The number of nitrogens with one attached hydrogen (secondary N) is 1. The summed E-state index contributed by atoms with van der Waals surface area (Å²) in [5, 5.41) is 21.7. The van der Waals surface area contributed by atoms with Crippen LogP contribution in [0.5, 0.6) is 5.75 Å². The van der Waals surface area contributed by atoms with Crippen molar-refractivity contribution in [2.24, 2.45) is 0 Å². The molecule has 1 aromatic carbocycles. The molecule has 1 aromatic rings. The molecule has 0 aliphatic carbocycles. The quantitative estimate of drug-likeness (QED) is 0.588. The van der Waals surface area contributed by atoms with Crippen molar-refractivity contribution in [3.05, 3.63) is 28.3 Å². The maximum Gasteiger partial charge on any atom is 0.273 e. The van der Waals surface area contributed by atoms with Crippen LogP contribution in [-0.2, 0) is 4.79 Å². The van der Waals surface area contributed by atoms with Gasteiger partial charge in [0.15, 0.2) is 0 Å². The average molecular weight is 254 g/mol. The third-order valence-corrected chi connectivity index (χ3v) is 2.23. The molecule has 1 rings (SSSR count). The zero-order chi connectivity index (χ0) is 13.5. The van der Waals surface area contributed by atoms with Crippen molar-refractivity contribution in [3.63, 3.8) is 0 Å². The Labute approximate surface area is 104 Å². The first-order chi connectivity index (χ1) is 8.58. The summed E-state index contributed by atoms with van der Waals surface area (Å²) in [6.07, 6.45) is 0.539. The van der Waals surface area contributed by atoms with Crippen molar-refractivity contribution in [2.75, 3.05) is 19.0 Å². The molecule has 0 saturated heterocycles. The summed E-state index contributed by atoms with van der Waals surface area (Å²) >= 11 is 0. The molecule has 0 aliphatic heterocycles. The average Bonchev–Trinajstić information content (AvgIpc) is 2.36. The summed E-state index contributed by atoms with van der Waals surface area (Å²) in [4.78, 5) is 21.5. The molecule has 0 aromatic heterocycles. The van der Waals surface area contributed by atoms with E-state index in [1.165, 1.54) is 25.3 Å². The van der Waals surface area contributed by atoms with Crippen LogP contribution >= 0.6 is 0 Å². The zero-order valence-electron chi connectivity index (χ0n) is 9.88. The van der Waals surface area contributed by atoms with Gasteiger partial charge in [-0.25, -0.2) is 0 Å². The number of nitrogens with zero attached hydrogens (tertiary/aromatic N) is 1. The van der Waals surface area contributed by atoms with Crippen LogP contribution in [0.3, 0.4) is 0 Å². The van der Waals surface area contributed by atoms with E-state index in [-0.39, 0.29) is 30.4 Å². The third kappa shape index (κ3) is 3.70. The van der Waals surface area contributed by atoms with Crippen LogP contribution in [0.1, 0.15) is 12.8 Å². The second kappa shape index (κ2) is 6.55. The van der Waals surface area contributed by atoms with Crippen LogP contribution in [0, 0.1) is 10.1 Å². The Hall–Kier alpha value is -2.15. The minimum atomic E-state index is -0.542. The predicted octanol–water partition coefficient (Wildman–Crippen LogP) is 1.31. The lowest BCUT2D eigenvalue weighted by Crippen LogP contribution is -2.12. The van der Waals surface area contributed by atoms with Crippen molar-refractivity contribution < 1.29 is 19.6 Å². The molecule has 18 heavy (non-hydrogen) atoms. The van der Waals surface area contributed by atoms with E-state index in [4.69, 9.17) is 9.84 Å². The number of aliphatic hydroxyl groups excluding tert-OH is 1. The van der Waals surface area contributed by atoms with Crippen LogP contribution in [0.15, 0.2) is 18.2 Å². The van der Waals surface area contributed by atoms with Gasteiger partial charge in [0.1, 0.15) is 5.75 Å². The van der Waals surface area contributed by atoms with Gasteiger partial charge >= 0.3 is 0 Å². The summed E-state index contributed by atoms with van der Waals surface area (Å²) in [5.41, 5.74) is 0.256. The molecule has 0 heterocycles. The van der Waals surface area contributed by atoms with E-state index >= 15 is 0 Å². The van der Waals surface area contributed by atoms with Gasteiger partial charge in [0.2, 0.25) is 5.91 Å². The summed E-state index contributed by atoms with van der Waals surface area (Å²) in [5.74, 6) is -0.0576. The molecule has 7 heteroatoms. The smallest absolute Gasteiger partial charge is 0.273 e. The van der Waals surface area contributed by atoms with E-state index in [0.717, 1.165) is 0 Å². The van der Waals surface area contributed by atoms with E-state index in [2.05, 4.69) is 5.32 Å². The highest BCUT2D eigenvalue weighted by molar-refractivity contribution is 5.92. The van der Waals surface area contributed by atoms with Gasteiger partial charge in [-0.1, -0.05) is 0 Å². The minimum absolute atomic E-state index is 0.0647. The first-order valence-electron chi connectivity index (χ1n) is 5.31. The van der Waals surface area contributed by atoms with Crippen molar-refractivity contribution in [1.29, 1.82) is 0 Å². The van der Waals surface area contributed by atoms with Crippen molar-refractivity contribution in [3.8, 4) is 5.75 Å². The third-order valence-electron chi connectivity index (χ3n) is 2.23. The summed E-state index contributed by atoms with van der Waals surface area (Å²) < 4.78 is 4.97. The number of amides is 1. The topological polar surface area (TPSA) is 102 Å². The molecule has 0 radical (unpaired) electrons. The number of carbonyl (C=O) groups excluding carboxylic acids is 1. The van der Waals surface area contributed by atoms with Crippen molar-refractivity contribution in [2.45, 2.75) is 12.8 Å². The fraction of sp³-hybridized carbons (Fsp3) is 0.364. The molecule has 0 aliphatic rings. The number of benzene rings is 1. The highest BCUT2D eigenvalue weighted by Gasteiger charge is 2.12. The fourth-order valence-electron chi connectivity index (χ4n) is 1.35. The van der Waals surface area contributed by atoms with Crippen LogP contribution in [-0.4, -0.2) is 29.7 Å². The molecule has 0 bridgehead atoms. The first-order valence-corrected chi connectivity index (χ1v) is 5.31. The van der Waals surface area contributed by atoms with Gasteiger partial charge in [0.05, 0.1) is 23.8 Å². The van der Waals surface area contributed by atoms with E-state index in [9.17, 15) is 14.9 Å². The number of ether oxygens (including phenoxy) is 1. The molecule has 98 valence electrons. The fourth-order valence-corrected chi connectivity index (χ4v) is 1.35. The summed E-state index contributed by atoms with van der Waals surface area (Å²) in [6, 6.07) is 3.93. The molecule has 0 unspecified atom stereocenters. The van der Waals surface area contributed by atoms with E-state index in [1.807, 2.05) is 0 Å². The Morgan fingerprint density at radius 2 is 2.28 bits per heavy atom. The molecule has 1 amide bonds. The monoisotopic (exact) mass is 254 g/mol. The molecule has 0 saturated carbocycles. The Bertz CT molecular complexity index is 447. The molecule has 0 spiro atoms. The Kier molecular flexibility index (Phi) is 5.06. The number of aliphatic hydroxyl groups is 1. The molecule has 2 N–H and O–H groups in total. The molecule has 0 atom stereocenters. The van der Waals surface area contributed by atoms with Crippen molar-refractivity contribution in [1.82, 2.24) is 0 Å². The van der Waals surface area contributed by atoms with Crippen LogP contribution in [0.4, 0.5) is 11.4 Å². The number of nitro groups is 1. The van der Waals surface area contributed by atoms with Crippen LogP contribution in [0.2, 0.25) is 0 Å². The SMILES string of the molecule is COc1cc([N+](=O)[O-])ccc1NC(=O)CCCO. The number of carbonyl (C=O) groups is 1. The van der Waals surface area contributed by atoms with Gasteiger partial charge in [-0.15, -0.1) is 0 Å². The van der Waals surface area contributed by atoms with Crippen LogP contribution in [0.25, 0.3) is 0 Å². The van der Waals surface area contributed by atoms with Gasteiger partial charge in [-0.2, -0.15) is 0 Å². The van der Waals surface area contributed by atoms with Gasteiger partial charge in [0, 0.05) is 19.1 Å². The maximum absolute atomic E-state index is 11.4. The molecule has 0 fully saturated rings. The van der Waals surface area contributed by atoms with Gasteiger partial charge in [0.25, 0.3) is 5.69 Å². The summed E-state index contributed by atoms with van der Waals surface area (Å²) in [7, 11) is 1.36. The first kappa shape index (κ1) is 13.9. The number of hydrogen-bond donors (Lipinski definition) is 2. The standard InChI is InChI=1S/C11H14N2O5/c1-18-10-7-8(13(16)17)4-5-9(10)12-11(15)3-2-6-14/h4-5,7,14H,2-3,6H2,1H3,(H,12,15). The molecular weight excluding hydrogens is 240 g/mol. The van der Waals surface area contributed by atoms with Crippen LogP contribution < -0.4 is 10.1 Å². The van der Waals surface area contributed by atoms with E-state index < -0.39 is 4.92 Å². The van der Waals surface area contributed by atoms with E-state index in [1.54, 1.807) is 0 Å². The minimum Gasteiger partial charge on any atom is -0.494 e. The zero-order valence-corrected chi connectivity index (χ0v) is 9.88. The van der Waals surface area contributed by atoms with Crippen molar-refractivity contribution >= 4 is 17.3 Å².